The summed E-state index contributed by atoms with van der Waals surface area (Å²) in [6.07, 6.45) is 0.727. The van der Waals surface area contributed by atoms with E-state index < -0.39 is 11.8 Å². The molecule has 0 saturated carbocycles. The van der Waals surface area contributed by atoms with E-state index in [0.29, 0.717) is 5.75 Å². The van der Waals surface area contributed by atoms with Crippen molar-refractivity contribution in [3.8, 4) is 17.2 Å². The number of ketones is 1. The number of hydrogen-bond donors (Lipinski definition) is 1. The molecule has 2 aromatic carbocycles. The summed E-state index contributed by atoms with van der Waals surface area (Å²) in [5.74, 6) is -1.16. The first-order valence-electron chi connectivity index (χ1n) is 7.68. The number of rotatable bonds is 7. The van der Waals surface area contributed by atoms with Crippen LogP contribution in [0.25, 0.3) is 0 Å². The molecule has 0 radical (unpaired) electrons. The summed E-state index contributed by atoms with van der Waals surface area (Å²) in [4.78, 5) is 25.0. The molecule has 1 N–H and O–H groups in total. The molecule has 2 rings (SSSR count). The number of aryl methyl sites for hydroxylation is 1. The number of carboxylic acid groups (broad SMARTS) is 1. The van der Waals surface area contributed by atoms with Crippen LogP contribution in [-0.2, 0) is 6.42 Å². The van der Waals surface area contributed by atoms with Crippen molar-refractivity contribution in [2.24, 2.45) is 0 Å². The second-order valence-electron chi connectivity index (χ2n) is 5.24. The van der Waals surface area contributed by atoms with Crippen molar-refractivity contribution < 1.29 is 28.9 Å². The van der Waals surface area contributed by atoms with Gasteiger partial charge in [-0.3, -0.25) is 4.79 Å². The summed E-state index contributed by atoms with van der Waals surface area (Å²) in [5.41, 5.74) is 0.899. The molecule has 0 aliphatic rings. The number of ether oxygens (including phenoxy) is 3. The third-order valence-electron chi connectivity index (χ3n) is 3.93. The minimum absolute atomic E-state index is 0.0686. The van der Waals surface area contributed by atoms with Crippen LogP contribution in [-0.4, -0.2) is 38.2 Å². The van der Waals surface area contributed by atoms with Crippen LogP contribution in [0, 0.1) is 0 Å². The largest absolute Gasteiger partial charge is 0.496 e. The van der Waals surface area contributed by atoms with Crippen LogP contribution in [0.4, 0.5) is 0 Å². The fourth-order valence-electron chi connectivity index (χ4n) is 2.63. The Morgan fingerprint density at radius 3 is 1.88 bits per heavy atom. The van der Waals surface area contributed by atoms with E-state index in [0.717, 1.165) is 12.0 Å². The van der Waals surface area contributed by atoms with Crippen molar-refractivity contribution in [1.29, 1.82) is 0 Å². The number of methoxy groups -OCH3 is 3. The van der Waals surface area contributed by atoms with Crippen LogP contribution in [0.2, 0.25) is 0 Å². The predicted molar refractivity (Wildman–Crippen MR) is 92.3 cm³/mol. The number of benzene rings is 2. The quantitative estimate of drug-likeness (QED) is 0.777. The highest BCUT2D eigenvalue weighted by molar-refractivity contribution is 6.18. The molecule has 0 spiro atoms. The molecule has 132 valence electrons. The SMILES string of the molecule is CCc1ccc(OC)c(C(=O)c2c(OC)ccc(OC)c2C(=O)O)c1. The molecule has 0 saturated heterocycles. The van der Waals surface area contributed by atoms with Gasteiger partial charge in [0, 0.05) is 0 Å². The van der Waals surface area contributed by atoms with Gasteiger partial charge in [0.1, 0.15) is 22.8 Å². The molecule has 0 aromatic heterocycles. The van der Waals surface area contributed by atoms with Crippen LogP contribution >= 0.6 is 0 Å². The van der Waals surface area contributed by atoms with Gasteiger partial charge in [-0.25, -0.2) is 4.79 Å². The second-order valence-corrected chi connectivity index (χ2v) is 5.24. The van der Waals surface area contributed by atoms with Crippen LogP contribution < -0.4 is 14.2 Å². The standard InChI is InChI=1S/C19H20O6/c1-5-11-6-7-13(23-2)12(10-11)18(20)16-14(24-3)8-9-15(25-4)17(16)19(21)22/h6-10H,5H2,1-4H3,(H,21,22). The Labute approximate surface area is 146 Å². The normalized spacial score (nSPS) is 10.2. The first-order chi connectivity index (χ1) is 12.0. The minimum atomic E-state index is -1.27. The Morgan fingerprint density at radius 1 is 0.880 bits per heavy atom. The topological polar surface area (TPSA) is 82.1 Å². The molecule has 0 bridgehead atoms. The van der Waals surface area contributed by atoms with E-state index >= 15 is 0 Å². The first kappa shape index (κ1) is 18.3. The molecule has 2 aromatic rings. The molecule has 0 unspecified atom stereocenters. The third kappa shape index (κ3) is 3.42. The maximum absolute atomic E-state index is 13.2. The summed E-state index contributed by atoms with van der Waals surface area (Å²) in [5, 5.41) is 9.60. The Bertz CT molecular complexity index is 810. The fraction of sp³-hybridized carbons (Fsp3) is 0.263. The van der Waals surface area contributed by atoms with Crippen molar-refractivity contribution in [1.82, 2.24) is 0 Å². The van der Waals surface area contributed by atoms with Crippen molar-refractivity contribution in [2.45, 2.75) is 13.3 Å². The predicted octanol–water partition coefficient (Wildman–Crippen LogP) is 3.20. The average molecular weight is 344 g/mol. The van der Waals surface area contributed by atoms with Crippen molar-refractivity contribution >= 4 is 11.8 Å². The Balaban J connectivity index is 2.77. The Morgan fingerprint density at radius 2 is 1.40 bits per heavy atom. The van der Waals surface area contributed by atoms with E-state index in [2.05, 4.69) is 0 Å². The van der Waals surface area contributed by atoms with Gasteiger partial charge in [0.15, 0.2) is 0 Å². The lowest BCUT2D eigenvalue weighted by Gasteiger charge is -2.16. The van der Waals surface area contributed by atoms with E-state index in [9.17, 15) is 14.7 Å². The molecule has 0 heterocycles. The summed E-state index contributed by atoms with van der Waals surface area (Å²) in [6.45, 7) is 1.96. The average Bonchev–Trinajstić information content (AvgIpc) is 2.65. The van der Waals surface area contributed by atoms with Crippen molar-refractivity contribution in [2.75, 3.05) is 21.3 Å². The maximum atomic E-state index is 13.2. The van der Waals surface area contributed by atoms with E-state index in [1.807, 2.05) is 13.0 Å². The van der Waals surface area contributed by atoms with Gasteiger partial charge >= 0.3 is 5.97 Å². The molecule has 0 aliphatic carbocycles. The number of aromatic carboxylic acids is 1. The Kier molecular flexibility index (Phi) is 5.64. The molecule has 0 amide bonds. The van der Waals surface area contributed by atoms with Gasteiger partial charge in [-0.05, 0) is 36.2 Å². The first-order valence-corrected chi connectivity index (χ1v) is 7.68. The highest BCUT2D eigenvalue weighted by Crippen LogP contribution is 2.34. The highest BCUT2D eigenvalue weighted by Gasteiger charge is 2.28. The Hall–Kier alpha value is -3.02. The summed E-state index contributed by atoms with van der Waals surface area (Å²) in [6, 6.07) is 8.22. The molecular formula is C19H20O6. The monoisotopic (exact) mass is 344 g/mol. The lowest BCUT2D eigenvalue weighted by molar-refractivity contribution is 0.0688. The zero-order valence-corrected chi connectivity index (χ0v) is 14.6. The lowest BCUT2D eigenvalue weighted by atomic mass is 9.94. The summed E-state index contributed by atoms with van der Waals surface area (Å²) >= 11 is 0. The van der Waals surface area contributed by atoms with Gasteiger partial charge in [0.25, 0.3) is 0 Å². The molecular weight excluding hydrogens is 324 g/mol. The lowest BCUT2D eigenvalue weighted by Crippen LogP contribution is -2.14. The number of carbonyl (C=O) groups excluding carboxylic acids is 1. The maximum Gasteiger partial charge on any atom is 0.340 e. The van der Waals surface area contributed by atoms with Gasteiger partial charge in [0.2, 0.25) is 5.78 Å². The zero-order valence-electron chi connectivity index (χ0n) is 14.6. The van der Waals surface area contributed by atoms with Crippen LogP contribution in [0.3, 0.4) is 0 Å². The molecule has 0 fully saturated rings. The van der Waals surface area contributed by atoms with Gasteiger partial charge < -0.3 is 19.3 Å². The van der Waals surface area contributed by atoms with E-state index in [4.69, 9.17) is 14.2 Å². The molecule has 25 heavy (non-hydrogen) atoms. The molecule has 0 atom stereocenters. The number of hydrogen-bond acceptors (Lipinski definition) is 5. The van der Waals surface area contributed by atoms with E-state index in [-0.39, 0.29) is 28.2 Å². The molecule has 6 nitrogen and oxygen atoms in total. The van der Waals surface area contributed by atoms with Gasteiger partial charge in [-0.15, -0.1) is 0 Å². The zero-order chi connectivity index (χ0) is 18.6. The molecule has 6 heteroatoms. The molecule has 0 aliphatic heterocycles. The smallest absolute Gasteiger partial charge is 0.340 e. The summed E-state index contributed by atoms with van der Waals surface area (Å²) < 4.78 is 15.6. The fourth-order valence-corrected chi connectivity index (χ4v) is 2.63. The van der Waals surface area contributed by atoms with E-state index in [1.165, 1.54) is 33.5 Å². The van der Waals surface area contributed by atoms with Crippen LogP contribution in [0.15, 0.2) is 30.3 Å². The highest BCUT2D eigenvalue weighted by atomic mass is 16.5. The van der Waals surface area contributed by atoms with Gasteiger partial charge in [-0.1, -0.05) is 13.0 Å². The third-order valence-corrected chi connectivity index (χ3v) is 3.93. The van der Waals surface area contributed by atoms with Crippen molar-refractivity contribution in [3.63, 3.8) is 0 Å². The van der Waals surface area contributed by atoms with E-state index in [1.54, 1.807) is 12.1 Å². The second kappa shape index (κ2) is 7.70. The van der Waals surface area contributed by atoms with Gasteiger partial charge in [0.05, 0.1) is 32.5 Å². The number of carbonyl (C=O) groups is 2. The van der Waals surface area contributed by atoms with Crippen molar-refractivity contribution in [3.05, 3.63) is 52.6 Å². The van der Waals surface area contributed by atoms with Gasteiger partial charge in [-0.2, -0.15) is 0 Å². The minimum Gasteiger partial charge on any atom is -0.496 e. The number of carboxylic acids is 1. The van der Waals surface area contributed by atoms with Crippen LogP contribution in [0.5, 0.6) is 17.2 Å². The van der Waals surface area contributed by atoms with Crippen LogP contribution in [0.1, 0.15) is 38.8 Å². The summed E-state index contributed by atoms with van der Waals surface area (Å²) in [7, 11) is 4.18.